The molecule has 136 valence electrons. The number of carbonyl (C=O) groups is 1. The fraction of sp³-hybridized carbons (Fsp3) is 0.150. The molecule has 1 N–H and O–H groups in total. The first-order chi connectivity index (χ1) is 13.0. The largest absolute Gasteiger partial charge is 0.507 e. The maximum atomic E-state index is 11.9. The molecular weight excluding hydrogens is 362 g/mol. The molecule has 0 aliphatic rings. The summed E-state index contributed by atoms with van der Waals surface area (Å²) >= 11 is 1.52. The van der Waals surface area contributed by atoms with Crippen LogP contribution in [0.3, 0.4) is 0 Å². The monoisotopic (exact) mass is 379 g/mol. The van der Waals surface area contributed by atoms with Gasteiger partial charge in [0.15, 0.2) is 11.6 Å². The van der Waals surface area contributed by atoms with Crippen LogP contribution in [-0.4, -0.2) is 27.2 Å². The fourth-order valence-electron chi connectivity index (χ4n) is 2.57. The first kappa shape index (κ1) is 18.4. The van der Waals surface area contributed by atoms with Crippen LogP contribution in [0.5, 0.6) is 0 Å². The van der Waals surface area contributed by atoms with Gasteiger partial charge in [-0.05, 0) is 42.1 Å². The number of fused-ring (bicyclic) bond motifs is 1. The molecule has 0 atom stereocenters. The lowest BCUT2D eigenvalue weighted by atomic mass is 10.2. The maximum Gasteiger partial charge on any atom is 0.331 e. The van der Waals surface area contributed by atoms with E-state index in [9.17, 15) is 15.2 Å². The van der Waals surface area contributed by atoms with Gasteiger partial charge >= 0.3 is 5.97 Å². The number of nitrogens with zero attached hydrogens (tertiary/aromatic N) is 3. The number of hydrogen-bond donors (Lipinski definition) is 1. The van der Waals surface area contributed by atoms with Gasteiger partial charge in [0, 0.05) is 18.0 Å². The number of aryl methyl sites for hydroxylation is 2. The van der Waals surface area contributed by atoms with Crippen molar-refractivity contribution >= 4 is 40.0 Å². The van der Waals surface area contributed by atoms with Crippen molar-refractivity contribution in [2.75, 3.05) is 6.61 Å². The lowest BCUT2D eigenvalue weighted by Gasteiger charge is -2.05. The van der Waals surface area contributed by atoms with E-state index in [1.165, 1.54) is 17.4 Å². The van der Waals surface area contributed by atoms with Crippen LogP contribution in [-0.2, 0) is 16.6 Å². The van der Waals surface area contributed by atoms with Crippen molar-refractivity contribution in [3.63, 3.8) is 0 Å². The van der Waals surface area contributed by atoms with Gasteiger partial charge in [-0.25, -0.2) is 9.78 Å². The summed E-state index contributed by atoms with van der Waals surface area (Å²) in [5.41, 5.74) is 2.58. The summed E-state index contributed by atoms with van der Waals surface area (Å²) in [6, 6.07) is 11.3. The number of thiophene rings is 1. The second-order valence-corrected chi connectivity index (χ2v) is 6.77. The van der Waals surface area contributed by atoms with Crippen LogP contribution in [0.1, 0.15) is 16.3 Å². The number of imidazole rings is 1. The molecular formula is C20H17N3O3S. The SMILES string of the molecule is Cc1ccsc1/C=C/C(=O)OC/C(O)=C(\C#N)c1nc2ccccc2n1C. The Hall–Kier alpha value is -3.37. The topological polar surface area (TPSA) is 88.1 Å². The third-order valence-corrected chi connectivity index (χ3v) is 5.02. The van der Waals surface area contributed by atoms with Crippen molar-refractivity contribution in [1.29, 1.82) is 5.26 Å². The Morgan fingerprint density at radius 1 is 1.41 bits per heavy atom. The van der Waals surface area contributed by atoms with Crippen molar-refractivity contribution < 1.29 is 14.6 Å². The second-order valence-electron chi connectivity index (χ2n) is 5.83. The van der Waals surface area contributed by atoms with Crippen molar-refractivity contribution in [2.24, 2.45) is 7.05 Å². The lowest BCUT2D eigenvalue weighted by molar-refractivity contribution is -0.137. The zero-order chi connectivity index (χ0) is 19.4. The number of benzene rings is 1. The highest BCUT2D eigenvalue weighted by atomic mass is 32.1. The Kier molecular flexibility index (Phi) is 5.38. The Morgan fingerprint density at radius 3 is 2.85 bits per heavy atom. The molecule has 27 heavy (non-hydrogen) atoms. The number of allylic oxidation sites excluding steroid dienone is 1. The highest BCUT2D eigenvalue weighted by Crippen LogP contribution is 2.22. The van der Waals surface area contributed by atoms with Gasteiger partial charge in [0.05, 0.1) is 11.0 Å². The molecule has 0 saturated heterocycles. The molecule has 0 unspecified atom stereocenters. The molecule has 7 heteroatoms. The van der Waals surface area contributed by atoms with Gasteiger partial charge in [0.25, 0.3) is 0 Å². The highest BCUT2D eigenvalue weighted by molar-refractivity contribution is 7.11. The van der Waals surface area contributed by atoms with E-state index in [0.717, 1.165) is 16.0 Å². The summed E-state index contributed by atoms with van der Waals surface area (Å²) in [7, 11) is 1.76. The summed E-state index contributed by atoms with van der Waals surface area (Å²) < 4.78 is 6.76. The number of ether oxygens (including phenoxy) is 1. The Morgan fingerprint density at radius 2 is 2.19 bits per heavy atom. The molecule has 0 aliphatic carbocycles. The number of nitriles is 1. The summed E-state index contributed by atoms with van der Waals surface area (Å²) in [4.78, 5) is 17.2. The van der Waals surface area contributed by atoms with Crippen molar-refractivity contribution in [3.8, 4) is 6.07 Å². The third-order valence-electron chi connectivity index (χ3n) is 4.03. The van der Waals surface area contributed by atoms with Crippen LogP contribution in [0.2, 0.25) is 0 Å². The fourth-order valence-corrected chi connectivity index (χ4v) is 3.39. The molecule has 1 aromatic carbocycles. The first-order valence-corrected chi connectivity index (χ1v) is 9.02. The summed E-state index contributed by atoms with van der Waals surface area (Å²) in [6.07, 6.45) is 2.97. The molecule has 0 fully saturated rings. The predicted octanol–water partition coefficient (Wildman–Crippen LogP) is 3.99. The normalized spacial score (nSPS) is 12.2. The van der Waals surface area contributed by atoms with Crippen LogP contribution >= 0.6 is 11.3 Å². The first-order valence-electron chi connectivity index (χ1n) is 8.14. The van der Waals surface area contributed by atoms with E-state index < -0.39 is 12.6 Å². The van der Waals surface area contributed by atoms with Gasteiger partial charge in [0.1, 0.15) is 18.2 Å². The smallest absolute Gasteiger partial charge is 0.331 e. The van der Waals surface area contributed by atoms with Gasteiger partial charge < -0.3 is 14.4 Å². The van der Waals surface area contributed by atoms with Crippen LogP contribution in [0.4, 0.5) is 0 Å². The number of esters is 1. The van der Waals surface area contributed by atoms with Gasteiger partial charge in [-0.2, -0.15) is 5.26 Å². The molecule has 2 heterocycles. The maximum absolute atomic E-state index is 11.9. The van der Waals surface area contributed by atoms with Crippen LogP contribution < -0.4 is 0 Å². The molecule has 6 nitrogen and oxygen atoms in total. The van der Waals surface area contributed by atoms with Crippen molar-refractivity contribution in [3.05, 3.63) is 63.8 Å². The number of aromatic nitrogens is 2. The number of aliphatic hydroxyl groups is 1. The van der Waals surface area contributed by atoms with Gasteiger partial charge in [0.2, 0.25) is 0 Å². The molecule has 0 spiro atoms. The Balaban J connectivity index is 1.76. The minimum absolute atomic E-state index is 0.0282. The van der Waals surface area contributed by atoms with E-state index in [-0.39, 0.29) is 11.3 Å². The average Bonchev–Trinajstić information content (AvgIpc) is 3.23. The molecule has 0 bridgehead atoms. The number of para-hydroxylation sites is 2. The van der Waals surface area contributed by atoms with E-state index in [2.05, 4.69) is 4.98 Å². The van der Waals surface area contributed by atoms with Crippen LogP contribution in [0.15, 0.2) is 47.5 Å². The van der Waals surface area contributed by atoms with E-state index >= 15 is 0 Å². The number of carbonyl (C=O) groups excluding carboxylic acids is 1. The zero-order valence-corrected chi connectivity index (χ0v) is 15.7. The third kappa shape index (κ3) is 3.91. The zero-order valence-electron chi connectivity index (χ0n) is 14.8. The summed E-state index contributed by atoms with van der Waals surface area (Å²) in [5.74, 6) is -0.626. The van der Waals surface area contributed by atoms with E-state index in [1.54, 1.807) is 17.7 Å². The number of aliphatic hydroxyl groups excluding tert-OH is 1. The number of hydrogen-bond acceptors (Lipinski definition) is 6. The van der Waals surface area contributed by atoms with Gasteiger partial charge in [-0.3, -0.25) is 0 Å². The standard InChI is InChI=1S/C20H17N3O3S/c1-13-9-10-27-18(13)7-8-19(25)26-12-17(24)14(11-21)20-22-15-5-3-4-6-16(15)23(20)2/h3-10,24H,12H2,1-2H3/b8-7+,17-14-. The Labute approximate surface area is 160 Å². The number of rotatable bonds is 5. The van der Waals surface area contributed by atoms with Crippen molar-refractivity contribution in [1.82, 2.24) is 9.55 Å². The van der Waals surface area contributed by atoms with Gasteiger partial charge in [-0.1, -0.05) is 12.1 Å². The minimum atomic E-state index is -0.600. The molecule has 0 aliphatic heterocycles. The molecule has 3 aromatic rings. The molecule has 0 radical (unpaired) electrons. The van der Waals surface area contributed by atoms with E-state index in [1.807, 2.05) is 48.7 Å². The highest BCUT2D eigenvalue weighted by Gasteiger charge is 2.17. The molecule has 0 saturated carbocycles. The average molecular weight is 379 g/mol. The molecule has 3 rings (SSSR count). The van der Waals surface area contributed by atoms with Crippen LogP contribution in [0.25, 0.3) is 22.7 Å². The Bertz CT molecular complexity index is 1100. The van der Waals surface area contributed by atoms with Gasteiger partial charge in [-0.15, -0.1) is 11.3 Å². The van der Waals surface area contributed by atoms with E-state index in [0.29, 0.717) is 11.3 Å². The van der Waals surface area contributed by atoms with E-state index in [4.69, 9.17) is 4.74 Å². The summed E-state index contributed by atoms with van der Waals surface area (Å²) in [6.45, 7) is 1.55. The van der Waals surface area contributed by atoms with Crippen molar-refractivity contribution in [2.45, 2.75) is 6.92 Å². The predicted molar refractivity (Wildman–Crippen MR) is 105 cm³/mol. The second kappa shape index (κ2) is 7.89. The van der Waals surface area contributed by atoms with Crippen LogP contribution in [0, 0.1) is 18.3 Å². The quantitative estimate of drug-likeness (QED) is 0.313. The minimum Gasteiger partial charge on any atom is -0.507 e. The molecule has 2 aromatic heterocycles. The lowest BCUT2D eigenvalue weighted by Crippen LogP contribution is -2.07. The molecule has 0 amide bonds. The summed E-state index contributed by atoms with van der Waals surface area (Å²) in [5, 5.41) is 21.6.